The van der Waals surface area contributed by atoms with Crippen LogP contribution in [0.15, 0.2) is 27.9 Å². The van der Waals surface area contributed by atoms with Crippen molar-refractivity contribution in [2.75, 3.05) is 68.7 Å². The Balaban J connectivity index is 1.31. The number of halogens is 2. The highest BCUT2D eigenvalue weighted by Crippen LogP contribution is 2.49. The second-order valence-corrected chi connectivity index (χ2v) is 14.6. The van der Waals surface area contributed by atoms with Gasteiger partial charge in [-0.25, -0.2) is 14.2 Å². The Morgan fingerprint density at radius 3 is 2.60 bits per heavy atom. The van der Waals surface area contributed by atoms with Crippen molar-refractivity contribution in [3.8, 4) is 11.1 Å². The van der Waals surface area contributed by atoms with Crippen molar-refractivity contribution in [2.45, 2.75) is 42.8 Å². The van der Waals surface area contributed by atoms with E-state index in [0.717, 1.165) is 103 Å². The Labute approximate surface area is 262 Å². The largest absolute Gasteiger partial charge is 0.375 e. The van der Waals surface area contributed by atoms with E-state index >= 15 is 0 Å². The molecule has 3 saturated heterocycles. The Bertz CT molecular complexity index is 1790. The van der Waals surface area contributed by atoms with Crippen LogP contribution in [0.1, 0.15) is 25.8 Å². The highest BCUT2D eigenvalue weighted by Gasteiger charge is 2.36. The van der Waals surface area contributed by atoms with Crippen LogP contribution in [0.4, 0.5) is 15.3 Å². The quantitative estimate of drug-likeness (QED) is 0.332. The number of fused-ring (bicyclic) bond motifs is 3. The van der Waals surface area contributed by atoms with Crippen LogP contribution in [0.25, 0.3) is 32.2 Å². The number of anilines is 2. The third-order valence-electron chi connectivity index (χ3n) is 9.56. The van der Waals surface area contributed by atoms with Crippen LogP contribution in [0.2, 0.25) is 5.02 Å². The number of benzene rings is 2. The minimum atomic E-state index is -0.355. The molecule has 226 valence electrons. The number of piperazine rings is 2. The van der Waals surface area contributed by atoms with Crippen molar-refractivity contribution in [1.29, 1.82) is 0 Å². The van der Waals surface area contributed by atoms with E-state index < -0.39 is 0 Å². The molecule has 4 aromatic rings. The molecule has 6 heterocycles. The van der Waals surface area contributed by atoms with Gasteiger partial charge in [-0.15, -0.1) is 11.8 Å². The van der Waals surface area contributed by atoms with E-state index in [2.05, 4.69) is 31.9 Å². The molecule has 0 amide bonds. The number of hydrogen-bond donors (Lipinski definition) is 2. The third-order valence-corrected chi connectivity index (χ3v) is 12.0. The number of nitrogens with one attached hydrogen (secondary N) is 1. The summed E-state index contributed by atoms with van der Waals surface area (Å²) in [4.78, 5) is 31.5. The first-order valence-corrected chi connectivity index (χ1v) is 17.3. The number of aromatic nitrogens is 3. The molecular formula is C30H34ClFN8OS2. The fraction of sp³-hybridized carbons (Fsp3) is 0.500. The molecule has 0 aliphatic carbocycles. The lowest BCUT2D eigenvalue weighted by Gasteiger charge is -2.38. The minimum Gasteiger partial charge on any atom is -0.375 e. The Kier molecular flexibility index (Phi) is 7.07. The van der Waals surface area contributed by atoms with Gasteiger partial charge in [0.1, 0.15) is 11.6 Å². The summed E-state index contributed by atoms with van der Waals surface area (Å²) >= 11 is 10.0. The van der Waals surface area contributed by atoms with Gasteiger partial charge >= 0.3 is 5.69 Å². The van der Waals surface area contributed by atoms with Gasteiger partial charge in [-0.05, 0) is 37.6 Å². The van der Waals surface area contributed by atoms with Crippen molar-refractivity contribution < 1.29 is 4.39 Å². The molecular weight excluding hydrogens is 607 g/mol. The highest BCUT2D eigenvalue weighted by atomic mass is 35.5. The molecule has 0 spiro atoms. The van der Waals surface area contributed by atoms with E-state index in [9.17, 15) is 9.18 Å². The maximum absolute atomic E-state index is 14.8. The SMILES string of the molecule is CCN1CCN(C[C@H]2CSc3c(-c4ccc(F)c5sc(N)nc45)c(Cl)cc4c(N5CC6CCC(C5)N6)nc(=O)n2c34)CC1. The zero-order chi connectivity index (χ0) is 29.4. The molecule has 3 N–H and O–H groups in total. The number of nitrogens with zero attached hydrogens (tertiary/aromatic N) is 6. The molecule has 0 saturated carbocycles. The van der Waals surface area contributed by atoms with Gasteiger partial charge in [0.05, 0.1) is 26.8 Å². The monoisotopic (exact) mass is 640 g/mol. The van der Waals surface area contributed by atoms with E-state index in [-0.39, 0.29) is 17.5 Å². The molecule has 8 rings (SSSR count). The molecule has 2 bridgehead atoms. The Hall–Kier alpha value is -2.48. The van der Waals surface area contributed by atoms with Crippen LogP contribution in [-0.2, 0) is 0 Å². The normalized spacial score (nSPS) is 24.4. The van der Waals surface area contributed by atoms with Gasteiger partial charge in [0.25, 0.3) is 0 Å². The van der Waals surface area contributed by atoms with Gasteiger partial charge in [0, 0.05) is 85.1 Å². The fourth-order valence-corrected chi connectivity index (χ4v) is 9.88. The standard InChI is InChI=1S/C30H34ClFN8OS2/c1-2-37-7-9-38(10-8-37)14-18-15-42-27-23(19-5-6-22(32)26-24(19)35-29(33)43-26)21(31)11-20-25(27)40(18)30(41)36-28(20)39-12-16-3-4-17(13-39)34-16/h5-6,11,16-18,34H,2-4,7-10,12-15H2,1H3,(H2,33,35)/t16?,17?,18-/m0/s1. The molecule has 3 atom stereocenters. The van der Waals surface area contributed by atoms with Crippen LogP contribution in [0.3, 0.4) is 0 Å². The molecule has 13 heteroatoms. The number of nitrogen functional groups attached to an aromatic ring is 1. The van der Waals surface area contributed by atoms with E-state index in [4.69, 9.17) is 22.3 Å². The molecule has 43 heavy (non-hydrogen) atoms. The highest BCUT2D eigenvalue weighted by molar-refractivity contribution is 7.99. The summed E-state index contributed by atoms with van der Waals surface area (Å²) < 4.78 is 17.1. The van der Waals surface area contributed by atoms with Crippen molar-refractivity contribution in [3.63, 3.8) is 0 Å². The lowest BCUT2D eigenvalue weighted by atomic mass is 10.0. The Morgan fingerprint density at radius 2 is 1.86 bits per heavy atom. The van der Waals surface area contributed by atoms with Crippen molar-refractivity contribution >= 4 is 66.8 Å². The first-order valence-electron chi connectivity index (χ1n) is 15.1. The summed E-state index contributed by atoms with van der Waals surface area (Å²) in [5.41, 5.74) is 8.69. The van der Waals surface area contributed by atoms with Crippen LogP contribution in [0.5, 0.6) is 0 Å². The maximum atomic E-state index is 14.8. The molecule has 4 aliphatic heterocycles. The van der Waals surface area contributed by atoms with Crippen molar-refractivity contribution in [2.24, 2.45) is 0 Å². The lowest BCUT2D eigenvalue weighted by molar-refractivity contribution is 0.126. The van der Waals surface area contributed by atoms with E-state index in [1.54, 1.807) is 17.8 Å². The van der Waals surface area contributed by atoms with Gasteiger partial charge in [-0.3, -0.25) is 9.47 Å². The number of thiazole rings is 1. The van der Waals surface area contributed by atoms with Gasteiger partial charge in [0.15, 0.2) is 5.13 Å². The predicted molar refractivity (Wildman–Crippen MR) is 174 cm³/mol. The summed E-state index contributed by atoms with van der Waals surface area (Å²) in [5, 5.41) is 5.42. The summed E-state index contributed by atoms with van der Waals surface area (Å²) in [6, 6.07) is 5.91. The van der Waals surface area contributed by atoms with E-state index in [1.165, 1.54) is 6.07 Å². The minimum absolute atomic E-state index is 0.0291. The number of rotatable bonds is 5. The lowest BCUT2D eigenvalue weighted by Crippen LogP contribution is -2.52. The third kappa shape index (κ3) is 4.72. The molecule has 0 radical (unpaired) electrons. The first kappa shape index (κ1) is 28.0. The molecule has 4 aliphatic rings. The molecule has 2 unspecified atom stereocenters. The average molecular weight is 641 g/mol. The first-order chi connectivity index (χ1) is 20.9. The summed E-state index contributed by atoms with van der Waals surface area (Å²) in [6.45, 7) is 9.73. The maximum Gasteiger partial charge on any atom is 0.350 e. The van der Waals surface area contributed by atoms with Crippen molar-refractivity contribution in [1.82, 2.24) is 29.7 Å². The topological polar surface area (TPSA) is 95.6 Å². The number of thioether (sulfide) groups is 1. The van der Waals surface area contributed by atoms with Crippen LogP contribution in [-0.4, -0.2) is 94.5 Å². The fourth-order valence-electron chi connectivity index (χ4n) is 7.44. The zero-order valence-electron chi connectivity index (χ0n) is 24.0. The average Bonchev–Trinajstić information content (AvgIpc) is 3.57. The Morgan fingerprint density at radius 1 is 1.12 bits per heavy atom. The van der Waals surface area contributed by atoms with Crippen molar-refractivity contribution in [3.05, 3.63) is 39.5 Å². The van der Waals surface area contributed by atoms with Crippen LogP contribution < -0.4 is 21.6 Å². The predicted octanol–water partition coefficient (Wildman–Crippen LogP) is 4.27. The molecule has 9 nitrogen and oxygen atoms in total. The second-order valence-electron chi connectivity index (χ2n) is 12.1. The molecule has 2 aromatic carbocycles. The number of nitrogens with two attached hydrogens (primary N) is 1. The smallest absolute Gasteiger partial charge is 0.350 e. The van der Waals surface area contributed by atoms with E-state index in [1.807, 2.05) is 10.6 Å². The van der Waals surface area contributed by atoms with Gasteiger partial charge in [-0.2, -0.15) is 4.98 Å². The van der Waals surface area contributed by atoms with E-state index in [0.29, 0.717) is 44.0 Å². The number of hydrogen-bond acceptors (Lipinski definition) is 10. The summed E-state index contributed by atoms with van der Waals surface area (Å²) in [7, 11) is 0. The van der Waals surface area contributed by atoms with Gasteiger partial charge in [-0.1, -0.05) is 29.9 Å². The molecule has 2 aromatic heterocycles. The second kappa shape index (κ2) is 10.8. The molecule has 3 fully saturated rings. The van der Waals surface area contributed by atoms with Crippen LogP contribution >= 0.6 is 34.7 Å². The van der Waals surface area contributed by atoms with Crippen LogP contribution in [0, 0.1) is 5.82 Å². The number of likely N-dealkylation sites (N-methyl/N-ethyl adjacent to an activating group) is 1. The van der Waals surface area contributed by atoms with Gasteiger partial charge < -0.3 is 20.9 Å². The van der Waals surface area contributed by atoms with Gasteiger partial charge in [0.2, 0.25) is 0 Å². The summed E-state index contributed by atoms with van der Waals surface area (Å²) in [6.07, 6.45) is 2.26. The zero-order valence-corrected chi connectivity index (χ0v) is 26.4. The summed E-state index contributed by atoms with van der Waals surface area (Å²) in [5.74, 6) is 1.07.